The Morgan fingerprint density at radius 2 is 1.83 bits per heavy atom. The first-order valence-electron chi connectivity index (χ1n) is 10.9. The van der Waals surface area contributed by atoms with Crippen LogP contribution in [0.5, 0.6) is 5.75 Å². The maximum atomic E-state index is 13.3. The van der Waals surface area contributed by atoms with E-state index >= 15 is 0 Å². The van der Waals surface area contributed by atoms with E-state index in [-0.39, 0.29) is 29.2 Å². The van der Waals surface area contributed by atoms with E-state index in [1.54, 1.807) is 24.3 Å². The monoisotopic (exact) mass is 498 g/mol. The van der Waals surface area contributed by atoms with E-state index in [9.17, 15) is 19.2 Å². The van der Waals surface area contributed by atoms with Crippen LogP contribution in [0.25, 0.3) is 11.0 Å². The van der Waals surface area contributed by atoms with E-state index in [1.807, 2.05) is 20.8 Å². The van der Waals surface area contributed by atoms with Gasteiger partial charge in [0.1, 0.15) is 22.0 Å². The van der Waals surface area contributed by atoms with Gasteiger partial charge in [-0.25, -0.2) is 14.8 Å². The summed E-state index contributed by atoms with van der Waals surface area (Å²) in [5.74, 6) is -0.253. The van der Waals surface area contributed by atoms with Crippen LogP contribution in [0.15, 0.2) is 38.9 Å². The number of anilines is 1. The standard InChI is InChI=1S/C23H26N6O5S/c1-23(2,3)21-25-18-16(20(32)28(5)22(33)27(18)4)19(26-21)35-11-15(30)29-10-14(17(24)31)34-13-9-7-6-8-12(13)29/h6-9,14H,10-11H2,1-5H3,(H2,24,31). The number of hydrogen-bond acceptors (Lipinski definition) is 8. The molecule has 0 saturated heterocycles. The van der Waals surface area contributed by atoms with Crippen molar-refractivity contribution < 1.29 is 14.3 Å². The molecular weight excluding hydrogens is 472 g/mol. The van der Waals surface area contributed by atoms with E-state index < -0.39 is 28.7 Å². The maximum absolute atomic E-state index is 13.3. The Labute approximate surface area is 204 Å². The Balaban J connectivity index is 1.75. The number of primary amides is 1. The van der Waals surface area contributed by atoms with Crippen molar-refractivity contribution in [2.45, 2.75) is 37.3 Å². The number of carbonyl (C=O) groups excluding carboxylic acids is 2. The summed E-state index contributed by atoms with van der Waals surface area (Å²) in [6, 6.07) is 6.88. The zero-order valence-corrected chi connectivity index (χ0v) is 20.9. The average molecular weight is 499 g/mol. The van der Waals surface area contributed by atoms with E-state index in [1.165, 1.54) is 23.6 Å². The molecule has 0 fully saturated rings. The highest BCUT2D eigenvalue weighted by Gasteiger charge is 2.33. The molecule has 2 aromatic heterocycles. The van der Waals surface area contributed by atoms with Crippen LogP contribution in [0.4, 0.5) is 5.69 Å². The van der Waals surface area contributed by atoms with Crippen molar-refractivity contribution in [1.82, 2.24) is 19.1 Å². The van der Waals surface area contributed by atoms with Crippen LogP contribution in [0.2, 0.25) is 0 Å². The maximum Gasteiger partial charge on any atom is 0.332 e. The lowest BCUT2D eigenvalue weighted by atomic mass is 9.96. The van der Waals surface area contributed by atoms with Crippen molar-refractivity contribution in [2.75, 3.05) is 17.2 Å². The van der Waals surface area contributed by atoms with Gasteiger partial charge >= 0.3 is 5.69 Å². The van der Waals surface area contributed by atoms with Crippen LogP contribution in [-0.4, -0.2) is 49.3 Å². The number of nitrogens with two attached hydrogens (primary N) is 1. The first-order valence-corrected chi connectivity index (χ1v) is 11.8. The van der Waals surface area contributed by atoms with E-state index in [4.69, 9.17) is 10.5 Å². The van der Waals surface area contributed by atoms with E-state index in [0.29, 0.717) is 22.3 Å². The van der Waals surface area contributed by atoms with Gasteiger partial charge in [0, 0.05) is 19.5 Å². The van der Waals surface area contributed by atoms with E-state index in [0.717, 1.165) is 16.3 Å². The number of para-hydroxylation sites is 2. The smallest absolute Gasteiger partial charge is 0.332 e. The highest BCUT2D eigenvalue weighted by atomic mass is 32.2. The van der Waals surface area contributed by atoms with Crippen molar-refractivity contribution >= 4 is 40.3 Å². The van der Waals surface area contributed by atoms with Gasteiger partial charge in [-0.2, -0.15) is 0 Å². The summed E-state index contributed by atoms with van der Waals surface area (Å²) >= 11 is 1.08. The first kappa shape index (κ1) is 24.5. The minimum Gasteiger partial charge on any atom is -0.477 e. The van der Waals surface area contributed by atoms with Gasteiger partial charge < -0.3 is 15.4 Å². The molecule has 1 aromatic carbocycles. The minimum atomic E-state index is -0.979. The predicted octanol–water partition coefficient (Wildman–Crippen LogP) is 0.696. The number of fused-ring (bicyclic) bond motifs is 2. The molecule has 2 N–H and O–H groups in total. The highest BCUT2D eigenvalue weighted by Crippen LogP contribution is 2.34. The fourth-order valence-electron chi connectivity index (χ4n) is 3.70. The van der Waals surface area contributed by atoms with Crippen LogP contribution >= 0.6 is 11.8 Å². The third-order valence-electron chi connectivity index (χ3n) is 5.66. The fraction of sp³-hybridized carbons (Fsp3) is 0.391. The number of thioether (sulfide) groups is 1. The number of aryl methyl sites for hydroxylation is 1. The minimum absolute atomic E-state index is 0.0280. The van der Waals surface area contributed by atoms with Gasteiger partial charge in [-0.3, -0.25) is 23.5 Å². The summed E-state index contributed by atoms with van der Waals surface area (Å²) in [5, 5.41) is 0.468. The molecule has 0 bridgehead atoms. The SMILES string of the molecule is Cn1c(=O)c2c(SCC(=O)N3CC(C(N)=O)Oc4ccccc43)nc(C(C)(C)C)nc2n(C)c1=O. The largest absolute Gasteiger partial charge is 0.477 e. The second-order valence-electron chi connectivity index (χ2n) is 9.28. The molecule has 3 aromatic rings. The van der Waals surface area contributed by atoms with Crippen molar-refractivity contribution in [2.24, 2.45) is 19.8 Å². The number of carbonyl (C=O) groups is 2. The molecule has 1 aliphatic heterocycles. The molecule has 35 heavy (non-hydrogen) atoms. The Bertz CT molecular complexity index is 1470. The Morgan fingerprint density at radius 1 is 1.14 bits per heavy atom. The first-order chi connectivity index (χ1) is 16.4. The van der Waals surface area contributed by atoms with Gasteiger partial charge in [0.05, 0.1) is 18.0 Å². The van der Waals surface area contributed by atoms with Crippen LogP contribution in [0.3, 0.4) is 0 Å². The second kappa shape index (κ2) is 8.84. The number of rotatable bonds is 4. The Morgan fingerprint density at radius 3 is 2.49 bits per heavy atom. The topological polar surface area (TPSA) is 142 Å². The molecule has 12 heteroatoms. The molecule has 1 aliphatic rings. The molecule has 0 spiro atoms. The lowest BCUT2D eigenvalue weighted by Gasteiger charge is -2.33. The van der Waals surface area contributed by atoms with Crippen LogP contribution < -0.4 is 26.6 Å². The summed E-state index contributed by atoms with van der Waals surface area (Å²) < 4.78 is 7.92. The van der Waals surface area contributed by atoms with Gasteiger partial charge in [-0.05, 0) is 12.1 Å². The molecule has 0 saturated carbocycles. The van der Waals surface area contributed by atoms with Gasteiger partial charge in [0.2, 0.25) is 5.91 Å². The highest BCUT2D eigenvalue weighted by molar-refractivity contribution is 8.00. The molecule has 4 rings (SSSR count). The quantitative estimate of drug-likeness (QED) is 0.409. The molecule has 0 radical (unpaired) electrons. The Kier molecular flexibility index (Phi) is 6.18. The number of benzene rings is 1. The molecule has 2 amide bonds. The van der Waals surface area contributed by atoms with Crippen molar-refractivity contribution in [3.63, 3.8) is 0 Å². The summed E-state index contributed by atoms with van der Waals surface area (Å²) in [4.78, 5) is 61.2. The van der Waals surface area contributed by atoms with Crippen LogP contribution in [-0.2, 0) is 29.1 Å². The average Bonchev–Trinajstić information content (AvgIpc) is 2.82. The lowest BCUT2D eigenvalue weighted by molar-refractivity contribution is -0.125. The van der Waals surface area contributed by atoms with Crippen LogP contribution in [0, 0.1) is 0 Å². The Hall–Kier alpha value is -3.67. The summed E-state index contributed by atoms with van der Waals surface area (Å²) in [7, 11) is 2.92. The van der Waals surface area contributed by atoms with Crippen LogP contribution in [0.1, 0.15) is 26.6 Å². The van der Waals surface area contributed by atoms with Crippen molar-refractivity contribution in [3.8, 4) is 5.75 Å². The second-order valence-corrected chi connectivity index (χ2v) is 10.2. The zero-order valence-electron chi connectivity index (χ0n) is 20.1. The molecule has 184 valence electrons. The van der Waals surface area contributed by atoms with Crippen molar-refractivity contribution in [1.29, 1.82) is 0 Å². The lowest BCUT2D eigenvalue weighted by Crippen LogP contribution is -2.49. The van der Waals surface area contributed by atoms with Gasteiger partial charge in [-0.1, -0.05) is 44.7 Å². The zero-order chi connectivity index (χ0) is 25.7. The van der Waals surface area contributed by atoms with Gasteiger partial charge in [0.15, 0.2) is 11.8 Å². The number of hydrogen-bond donors (Lipinski definition) is 1. The number of aromatic nitrogens is 4. The van der Waals surface area contributed by atoms with Gasteiger partial charge in [0.25, 0.3) is 11.5 Å². The van der Waals surface area contributed by atoms with Crippen molar-refractivity contribution in [3.05, 3.63) is 50.9 Å². The number of ether oxygens (including phenoxy) is 1. The fourth-order valence-corrected chi connectivity index (χ4v) is 4.59. The van der Waals surface area contributed by atoms with E-state index in [2.05, 4.69) is 9.97 Å². The third-order valence-corrected chi connectivity index (χ3v) is 6.62. The summed E-state index contributed by atoms with van der Waals surface area (Å²) in [5.41, 5.74) is 4.66. The normalized spacial score (nSPS) is 15.6. The molecule has 3 heterocycles. The predicted molar refractivity (Wildman–Crippen MR) is 132 cm³/mol. The number of amides is 2. The molecule has 0 aliphatic carbocycles. The molecule has 1 atom stereocenters. The van der Waals surface area contributed by atoms with Gasteiger partial charge in [-0.15, -0.1) is 0 Å². The third kappa shape index (κ3) is 4.41. The summed E-state index contributed by atoms with van der Waals surface area (Å²) in [6.45, 7) is 5.73. The molecule has 11 nitrogen and oxygen atoms in total. The molecular formula is C23H26N6O5S. The number of nitrogens with zero attached hydrogens (tertiary/aromatic N) is 5. The summed E-state index contributed by atoms with van der Waals surface area (Å²) in [6.07, 6.45) is -0.979. The molecule has 1 unspecified atom stereocenters.